The van der Waals surface area contributed by atoms with Crippen LogP contribution in [0.3, 0.4) is 0 Å². The molecule has 1 heterocycles. The molecule has 2 aliphatic rings. The van der Waals surface area contributed by atoms with Crippen molar-refractivity contribution in [2.24, 2.45) is 0 Å². The summed E-state index contributed by atoms with van der Waals surface area (Å²) in [4.78, 5) is 34.3. The van der Waals surface area contributed by atoms with Gasteiger partial charge in [0.1, 0.15) is 29.4 Å². The van der Waals surface area contributed by atoms with Crippen LogP contribution >= 0.6 is 0 Å². The average Bonchev–Trinajstić information content (AvgIpc) is 2.97. The number of carbonyl (C=O) groups is 1. The lowest BCUT2D eigenvalue weighted by molar-refractivity contribution is -0.385. The Morgan fingerprint density at radius 2 is 1.60 bits per heavy atom. The molecule has 0 amide bonds. The molecule has 1 aliphatic heterocycles. The van der Waals surface area contributed by atoms with Crippen LogP contribution in [0.2, 0.25) is 0 Å². The number of hydrogen-bond donors (Lipinski definition) is 1. The monoisotopic (exact) mass is 571 g/mol. The van der Waals surface area contributed by atoms with Crippen molar-refractivity contribution >= 4 is 22.6 Å². The third kappa shape index (κ3) is 5.52. The van der Waals surface area contributed by atoms with Gasteiger partial charge in [-0.2, -0.15) is 0 Å². The maximum Gasteiger partial charge on any atom is 0.341 e. The van der Waals surface area contributed by atoms with Crippen molar-refractivity contribution in [2.75, 3.05) is 20.8 Å². The fourth-order valence-corrected chi connectivity index (χ4v) is 4.74. The third-order valence-corrected chi connectivity index (χ3v) is 6.67. The van der Waals surface area contributed by atoms with E-state index in [1.165, 1.54) is 38.5 Å². The molecule has 0 saturated heterocycles. The Labute approximate surface area is 238 Å². The number of benzene rings is 4. The molecule has 0 unspecified atom stereocenters. The van der Waals surface area contributed by atoms with Crippen molar-refractivity contribution in [1.29, 1.82) is 0 Å². The summed E-state index contributed by atoms with van der Waals surface area (Å²) in [7, 11) is 2.83. The second-order valence-electron chi connectivity index (χ2n) is 9.33. The number of fused-ring (bicyclic) bond motifs is 2. The van der Waals surface area contributed by atoms with Gasteiger partial charge < -0.3 is 28.5 Å². The van der Waals surface area contributed by atoms with Gasteiger partial charge >= 0.3 is 5.97 Å². The first-order valence-electron chi connectivity index (χ1n) is 12.7. The SMILES string of the molecule is COc1cc(COc2ccc3c(-c4ccc(OCC(=O)O)cc4C)c4ccc(=O)cc-4oc3c2)c([N+](=O)[O-])cc1OC. The highest BCUT2D eigenvalue weighted by atomic mass is 16.6. The zero-order valence-corrected chi connectivity index (χ0v) is 22.8. The molecule has 0 atom stereocenters. The van der Waals surface area contributed by atoms with Crippen LogP contribution in [0, 0.1) is 17.0 Å². The second kappa shape index (κ2) is 11.5. The van der Waals surface area contributed by atoms with Gasteiger partial charge in [0.05, 0.1) is 30.8 Å². The molecule has 0 bridgehead atoms. The van der Waals surface area contributed by atoms with Crippen LogP contribution in [0.15, 0.2) is 75.9 Å². The lowest BCUT2D eigenvalue weighted by Crippen LogP contribution is -2.09. The molecule has 1 aliphatic carbocycles. The number of nitro groups is 1. The van der Waals surface area contributed by atoms with E-state index in [1.54, 1.807) is 30.3 Å². The minimum absolute atomic E-state index is 0.135. The van der Waals surface area contributed by atoms with Gasteiger partial charge in [0.2, 0.25) is 0 Å². The maximum atomic E-state index is 12.2. The molecule has 0 radical (unpaired) electrons. The molecule has 5 rings (SSSR count). The number of hydrogen-bond acceptors (Lipinski definition) is 9. The normalized spacial score (nSPS) is 10.9. The molecular weight excluding hydrogens is 546 g/mol. The molecule has 11 nitrogen and oxygen atoms in total. The number of aryl methyl sites for hydroxylation is 1. The van der Waals surface area contributed by atoms with Gasteiger partial charge in [0.25, 0.3) is 5.69 Å². The quantitative estimate of drug-likeness (QED) is 0.123. The van der Waals surface area contributed by atoms with Gasteiger partial charge in [-0.25, -0.2) is 4.79 Å². The summed E-state index contributed by atoms with van der Waals surface area (Å²) >= 11 is 0. The van der Waals surface area contributed by atoms with E-state index >= 15 is 0 Å². The van der Waals surface area contributed by atoms with Crippen molar-refractivity contribution in [3.63, 3.8) is 0 Å². The number of carboxylic acids is 1. The van der Waals surface area contributed by atoms with Crippen molar-refractivity contribution in [1.82, 2.24) is 0 Å². The van der Waals surface area contributed by atoms with Crippen LogP contribution < -0.4 is 24.4 Å². The fraction of sp³-hybridized carbons (Fsp3) is 0.161. The van der Waals surface area contributed by atoms with Gasteiger partial charge in [0.15, 0.2) is 23.5 Å². The van der Waals surface area contributed by atoms with E-state index in [9.17, 15) is 19.7 Å². The fourth-order valence-electron chi connectivity index (χ4n) is 4.74. The Morgan fingerprint density at radius 1 is 0.905 bits per heavy atom. The Morgan fingerprint density at radius 3 is 2.29 bits per heavy atom. The van der Waals surface area contributed by atoms with Gasteiger partial charge in [-0.1, -0.05) is 6.07 Å². The minimum atomic E-state index is -1.08. The molecule has 0 saturated carbocycles. The van der Waals surface area contributed by atoms with Gasteiger partial charge in [0, 0.05) is 28.6 Å². The Balaban J connectivity index is 1.57. The standard InChI is InChI=1S/C31H25NO10/c1-17-10-20(41-16-30(34)35)5-8-22(17)31-23-7-4-19(33)12-26(23)42-27-13-21(6-9-24(27)31)40-15-18-11-28(38-2)29(39-3)14-25(18)32(36)37/h4-14H,15-16H2,1-3H3,(H,34,35). The lowest BCUT2D eigenvalue weighted by atomic mass is 9.91. The number of ether oxygens (including phenoxy) is 4. The largest absolute Gasteiger partial charge is 0.493 e. The lowest BCUT2D eigenvalue weighted by Gasteiger charge is -2.18. The smallest absolute Gasteiger partial charge is 0.341 e. The first kappa shape index (κ1) is 28.0. The maximum absolute atomic E-state index is 12.2. The zero-order chi connectivity index (χ0) is 30.0. The first-order chi connectivity index (χ1) is 20.2. The Kier molecular flexibility index (Phi) is 7.65. The number of nitrogens with zero attached hydrogens (tertiary/aromatic N) is 1. The zero-order valence-electron chi connectivity index (χ0n) is 22.8. The number of aliphatic carboxylic acids is 1. The summed E-state index contributed by atoms with van der Waals surface area (Å²) in [5.74, 6) is 0.637. The number of rotatable bonds is 10. The summed E-state index contributed by atoms with van der Waals surface area (Å²) in [5, 5.41) is 21.4. The average molecular weight is 572 g/mol. The molecule has 0 spiro atoms. The minimum Gasteiger partial charge on any atom is -0.493 e. The highest BCUT2D eigenvalue weighted by molar-refractivity contribution is 6.02. The summed E-state index contributed by atoms with van der Waals surface area (Å²) in [6.07, 6.45) is 0. The summed E-state index contributed by atoms with van der Waals surface area (Å²) in [6.45, 7) is 1.28. The van der Waals surface area contributed by atoms with E-state index in [2.05, 4.69) is 0 Å². The van der Waals surface area contributed by atoms with E-state index < -0.39 is 17.5 Å². The molecule has 0 fully saturated rings. The van der Waals surface area contributed by atoms with E-state index in [-0.39, 0.29) is 29.0 Å². The highest BCUT2D eigenvalue weighted by Crippen LogP contribution is 2.43. The predicted molar refractivity (Wildman–Crippen MR) is 153 cm³/mol. The molecule has 0 aromatic heterocycles. The highest BCUT2D eigenvalue weighted by Gasteiger charge is 2.22. The molecule has 1 N–H and O–H groups in total. The topological polar surface area (TPSA) is 148 Å². The number of carboxylic acid groups (broad SMARTS) is 1. The van der Waals surface area contributed by atoms with Crippen molar-refractivity contribution in [2.45, 2.75) is 13.5 Å². The van der Waals surface area contributed by atoms with Gasteiger partial charge in [-0.15, -0.1) is 0 Å². The molecule has 3 aromatic carbocycles. The Bertz CT molecular complexity index is 1860. The van der Waals surface area contributed by atoms with Gasteiger partial charge in [-0.3, -0.25) is 14.9 Å². The van der Waals surface area contributed by atoms with Crippen molar-refractivity contribution in [3.05, 3.63) is 98.2 Å². The van der Waals surface area contributed by atoms with E-state index in [0.717, 1.165) is 22.1 Å². The van der Waals surface area contributed by atoms with Crippen LogP contribution in [0.1, 0.15) is 11.1 Å². The van der Waals surface area contributed by atoms with Crippen LogP contribution in [0.25, 0.3) is 33.4 Å². The molecular formula is C31H25NO10. The summed E-state index contributed by atoms with van der Waals surface area (Å²) in [6, 6.07) is 17.8. The third-order valence-electron chi connectivity index (χ3n) is 6.67. The number of methoxy groups -OCH3 is 2. The van der Waals surface area contributed by atoms with Crippen LogP contribution in [0.4, 0.5) is 5.69 Å². The molecule has 11 heteroatoms. The van der Waals surface area contributed by atoms with E-state index in [0.29, 0.717) is 34.2 Å². The van der Waals surface area contributed by atoms with Crippen LogP contribution in [0.5, 0.6) is 23.0 Å². The summed E-state index contributed by atoms with van der Waals surface area (Å²) < 4.78 is 27.9. The van der Waals surface area contributed by atoms with E-state index in [1.807, 2.05) is 19.1 Å². The van der Waals surface area contributed by atoms with E-state index in [4.69, 9.17) is 28.5 Å². The summed E-state index contributed by atoms with van der Waals surface area (Å²) in [5.41, 5.74) is 3.46. The van der Waals surface area contributed by atoms with Gasteiger partial charge in [-0.05, 0) is 60.5 Å². The predicted octanol–water partition coefficient (Wildman–Crippen LogP) is 5.84. The second-order valence-corrected chi connectivity index (χ2v) is 9.33. The van der Waals surface area contributed by atoms with Crippen LogP contribution in [-0.2, 0) is 11.4 Å². The first-order valence-corrected chi connectivity index (χ1v) is 12.7. The molecule has 214 valence electrons. The number of nitro benzene ring substituents is 1. The van der Waals surface area contributed by atoms with Crippen molar-refractivity contribution in [3.8, 4) is 45.4 Å². The molecule has 42 heavy (non-hydrogen) atoms. The molecule has 3 aromatic rings. The Hall–Kier alpha value is -5.58. The van der Waals surface area contributed by atoms with Crippen molar-refractivity contribution < 1.29 is 38.2 Å². The van der Waals surface area contributed by atoms with Crippen LogP contribution in [-0.4, -0.2) is 36.8 Å².